The summed E-state index contributed by atoms with van der Waals surface area (Å²) in [6.07, 6.45) is -5.28. The molecule has 8 heteroatoms. The lowest BCUT2D eigenvalue weighted by molar-refractivity contribution is -0.137. The smallest absolute Gasteiger partial charge is 0.390 e. The van der Waals surface area contributed by atoms with Crippen LogP contribution in [0.3, 0.4) is 0 Å². The lowest BCUT2D eigenvalue weighted by Crippen LogP contribution is -2.46. The number of carboxylic acid groups (broad SMARTS) is 1. The Balaban J connectivity index is 4.54. The Morgan fingerprint density at radius 2 is 1.76 bits per heavy atom. The molecule has 5 nitrogen and oxygen atoms in total. The zero-order valence-electron chi connectivity index (χ0n) is 12.8. The van der Waals surface area contributed by atoms with Crippen molar-refractivity contribution in [2.24, 2.45) is 5.41 Å². The molecule has 0 aromatic heterocycles. The maximum atomic E-state index is 12.1. The number of urea groups is 1. The van der Waals surface area contributed by atoms with Crippen molar-refractivity contribution in [1.29, 1.82) is 0 Å². The van der Waals surface area contributed by atoms with Crippen LogP contribution < -0.4 is 5.32 Å². The summed E-state index contributed by atoms with van der Waals surface area (Å²) in [6, 6.07) is -1.32. The second-order valence-corrected chi connectivity index (χ2v) is 6.30. The van der Waals surface area contributed by atoms with Crippen molar-refractivity contribution in [3.05, 3.63) is 0 Å². The normalized spacial score (nSPS) is 13.7. The molecule has 0 saturated heterocycles. The first kappa shape index (κ1) is 19.5. The van der Waals surface area contributed by atoms with Gasteiger partial charge in [0.2, 0.25) is 0 Å². The summed E-state index contributed by atoms with van der Waals surface area (Å²) in [6.45, 7) is 5.20. The van der Waals surface area contributed by atoms with Crippen LogP contribution in [0.15, 0.2) is 0 Å². The van der Waals surface area contributed by atoms with Crippen LogP contribution in [0, 0.1) is 5.41 Å². The fourth-order valence-corrected chi connectivity index (χ4v) is 1.81. The summed E-state index contributed by atoms with van der Waals surface area (Å²) in [5.74, 6) is -1.07. The minimum absolute atomic E-state index is 0.210. The Labute approximate surface area is 122 Å². The third-order valence-electron chi connectivity index (χ3n) is 2.68. The summed E-state index contributed by atoms with van der Waals surface area (Å²) >= 11 is 0. The Bertz CT molecular complexity index is 365. The highest BCUT2D eigenvalue weighted by Gasteiger charge is 2.29. The number of hydrogen-bond acceptors (Lipinski definition) is 2. The third kappa shape index (κ3) is 10.9. The molecule has 1 unspecified atom stereocenters. The molecular weight excluding hydrogens is 289 g/mol. The van der Waals surface area contributed by atoms with Gasteiger partial charge in [0.15, 0.2) is 0 Å². The van der Waals surface area contributed by atoms with Crippen LogP contribution >= 0.6 is 0 Å². The van der Waals surface area contributed by atoms with Gasteiger partial charge in [-0.3, -0.25) is 4.79 Å². The number of amides is 2. The molecule has 0 aliphatic carbocycles. The van der Waals surface area contributed by atoms with Crippen molar-refractivity contribution in [2.75, 3.05) is 13.6 Å². The van der Waals surface area contributed by atoms with Gasteiger partial charge in [-0.05, 0) is 11.8 Å². The van der Waals surface area contributed by atoms with E-state index in [2.05, 4.69) is 5.32 Å². The standard InChI is InChI=1S/C13H23F3N2O3/c1-12(2,3)8-9(7-10(19)20)17-11(21)18(4)6-5-13(14,15)16/h9H,5-8H2,1-4H3,(H,17,21)(H,19,20). The molecule has 0 fully saturated rings. The van der Waals surface area contributed by atoms with Crippen molar-refractivity contribution < 1.29 is 27.9 Å². The second-order valence-electron chi connectivity index (χ2n) is 6.30. The summed E-state index contributed by atoms with van der Waals surface area (Å²) in [4.78, 5) is 23.5. The first-order chi connectivity index (χ1) is 9.30. The number of nitrogens with one attached hydrogen (secondary N) is 1. The van der Waals surface area contributed by atoms with Gasteiger partial charge < -0.3 is 15.3 Å². The number of rotatable bonds is 6. The van der Waals surface area contributed by atoms with Crippen molar-refractivity contribution in [1.82, 2.24) is 10.2 Å². The zero-order chi connectivity index (χ0) is 16.8. The Morgan fingerprint density at radius 3 is 2.14 bits per heavy atom. The molecule has 0 spiro atoms. The van der Waals surface area contributed by atoms with Crippen LogP contribution in [0.1, 0.15) is 40.0 Å². The number of alkyl halides is 3. The number of halogens is 3. The third-order valence-corrected chi connectivity index (χ3v) is 2.68. The lowest BCUT2D eigenvalue weighted by atomic mass is 9.87. The number of carbonyl (C=O) groups is 2. The largest absolute Gasteiger partial charge is 0.481 e. The van der Waals surface area contributed by atoms with Crippen LogP contribution in [0.2, 0.25) is 0 Å². The highest BCUT2D eigenvalue weighted by Crippen LogP contribution is 2.22. The molecule has 0 aliphatic heterocycles. The Morgan fingerprint density at radius 1 is 1.24 bits per heavy atom. The van der Waals surface area contributed by atoms with Gasteiger partial charge in [0, 0.05) is 19.6 Å². The fraction of sp³-hybridized carbons (Fsp3) is 0.846. The molecule has 124 valence electrons. The molecule has 2 amide bonds. The fourth-order valence-electron chi connectivity index (χ4n) is 1.81. The molecule has 0 saturated carbocycles. The van der Waals surface area contributed by atoms with Crippen molar-refractivity contribution in [2.45, 2.75) is 52.3 Å². The van der Waals surface area contributed by atoms with E-state index in [0.29, 0.717) is 6.42 Å². The first-order valence-electron chi connectivity index (χ1n) is 6.60. The molecule has 2 N–H and O–H groups in total. The van der Waals surface area contributed by atoms with E-state index in [4.69, 9.17) is 5.11 Å². The molecule has 0 aromatic carbocycles. The number of hydrogen-bond donors (Lipinski definition) is 2. The monoisotopic (exact) mass is 312 g/mol. The van der Waals surface area contributed by atoms with Gasteiger partial charge in [-0.1, -0.05) is 20.8 Å². The van der Waals surface area contributed by atoms with Crippen LogP contribution in [-0.4, -0.2) is 47.8 Å². The van der Waals surface area contributed by atoms with E-state index >= 15 is 0 Å². The van der Waals surface area contributed by atoms with Crippen LogP contribution in [0.4, 0.5) is 18.0 Å². The summed E-state index contributed by atoms with van der Waals surface area (Å²) in [5, 5.41) is 11.3. The number of carbonyl (C=O) groups excluding carboxylic acids is 1. The Kier molecular flexibility index (Phi) is 6.99. The van der Waals surface area contributed by atoms with E-state index in [9.17, 15) is 22.8 Å². The van der Waals surface area contributed by atoms with Gasteiger partial charge in [0.05, 0.1) is 12.8 Å². The highest BCUT2D eigenvalue weighted by molar-refractivity contribution is 5.75. The predicted octanol–water partition coefficient (Wildman–Crippen LogP) is 2.86. The van der Waals surface area contributed by atoms with E-state index in [0.717, 1.165) is 4.90 Å². The van der Waals surface area contributed by atoms with E-state index < -0.39 is 37.2 Å². The predicted molar refractivity (Wildman–Crippen MR) is 71.9 cm³/mol. The zero-order valence-corrected chi connectivity index (χ0v) is 12.8. The van der Waals surface area contributed by atoms with Crippen LogP contribution in [0.25, 0.3) is 0 Å². The van der Waals surface area contributed by atoms with E-state index in [1.54, 1.807) is 0 Å². The van der Waals surface area contributed by atoms with Gasteiger partial charge >= 0.3 is 18.2 Å². The van der Waals surface area contributed by atoms with Crippen LogP contribution in [-0.2, 0) is 4.79 Å². The highest BCUT2D eigenvalue weighted by atomic mass is 19.4. The lowest BCUT2D eigenvalue weighted by Gasteiger charge is -2.28. The second kappa shape index (κ2) is 7.51. The van der Waals surface area contributed by atoms with Gasteiger partial charge in [-0.25, -0.2) is 4.79 Å². The average molecular weight is 312 g/mol. The van der Waals surface area contributed by atoms with Crippen molar-refractivity contribution in [3.8, 4) is 0 Å². The molecule has 21 heavy (non-hydrogen) atoms. The first-order valence-corrected chi connectivity index (χ1v) is 6.60. The Hall–Kier alpha value is -1.47. The molecule has 0 bridgehead atoms. The minimum Gasteiger partial charge on any atom is -0.481 e. The maximum Gasteiger partial charge on any atom is 0.390 e. The van der Waals surface area contributed by atoms with Crippen molar-refractivity contribution in [3.63, 3.8) is 0 Å². The number of nitrogens with zero attached hydrogens (tertiary/aromatic N) is 1. The number of aliphatic carboxylic acids is 1. The van der Waals surface area contributed by atoms with E-state index in [1.807, 2.05) is 20.8 Å². The molecule has 0 rings (SSSR count). The molecular formula is C13H23F3N2O3. The number of carboxylic acids is 1. The quantitative estimate of drug-likeness (QED) is 0.792. The topological polar surface area (TPSA) is 69.6 Å². The van der Waals surface area contributed by atoms with E-state index in [-0.39, 0.29) is 11.8 Å². The van der Waals surface area contributed by atoms with Gasteiger partial charge in [0.25, 0.3) is 0 Å². The summed E-state index contributed by atoms with van der Waals surface area (Å²) in [7, 11) is 1.25. The summed E-state index contributed by atoms with van der Waals surface area (Å²) < 4.78 is 36.3. The van der Waals surface area contributed by atoms with E-state index in [1.165, 1.54) is 7.05 Å². The van der Waals surface area contributed by atoms with Gasteiger partial charge in [-0.2, -0.15) is 13.2 Å². The van der Waals surface area contributed by atoms with Gasteiger partial charge in [-0.15, -0.1) is 0 Å². The van der Waals surface area contributed by atoms with Crippen LogP contribution in [0.5, 0.6) is 0 Å². The van der Waals surface area contributed by atoms with Crippen molar-refractivity contribution >= 4 is 12.0 Å². The van der Waals surface area contributed by atoms with Gasteiger partial charge in [0.1, 0.15) is 0 Å². The summed E-state index contributed by atoms with van der Waals surface area (Å²) in [5.41, 5.74) is -0.210. The SMILES string of the molecule is CN(CCC(F)(F)F)C(=O)NC(CC(=O)O)CC(C)(C)C. The maximum absolute atomic E-state index is 12.1. The molecule has 0 radical (unpaired) electrons. The molecule has 0 heterocycles. The minimum atomic E-state index is -4.33. The molecule has 0 aliphatic rings. The molecule has 0 aromatic rings. The molecule has 1 atom stereocenters. The average Bonchev–Trinajstić information content (AvgIpc) is 2.21.